The summed E-state index contributed by atoms with van der Waals surface area (Å²) >= 11 is 0. The summed E-state index contributed by atoms with van der Waals surface area (Å²) in [6.07, 6.45) is 2.42. The number of phenols is 1. The molecule has 9 nitrogen and oxygen atoms in total. The van der Waals surface area contributed by atoms with Crippen molar-refractivity contribution in [3.63, 3.8) is 0 Å². The molecular weight excluding hydrogens is 448 g/mol. The van der Waals surface area contributed by atoms with E-state index in [1.807, 2.05) is 6.07 Å². The second-order valence-corrected chi connectivity index (χ2v) is 10.2. The van der Waals surface area contributed by atoms with Crippen LogP contribution in [0.2, 0.25) is 0 Å². The van der Waals surface area contributed by atoms with Crippen molar-refractivity contribution < 1.29 is 24.2 Å². The number of ether oxygens (including phenoxy) is 1. The number of carbonyl (C=O) groups is 3. The minimum absolute atomic E-state index is 0.195. The number of hydrogen-bond acceptors (Lipinski definition) is 6. The van der Waals surface area contributed by atoms with Crippen LogP contribution in [-0.4, -0.2) is 45.0 Å². The van der Waals surface area contributed by atoms with Crippen molar-refractivity contribution >= 4 is 29.4 Å². The van der Waals surface area contributed by atoms with Crippen LogP contribution in [0, 0.1) is 19.8 Å². The highest BCUT2D eigenvalue weighted by Crippen LogP contribution is 2.35. The average molecular weight is 483 g/mol. The molecule has 35 heavy (non-hydrogen) atoms. The van der Waals surface area contributed by atoms with E-state index in [4.69, 9.17) is 4.74 Å². The molecule has 3 N–H and O–H groups in total. The molecule has 0 aliphatic carbocycles. The monoisotopic (exact) mass is 482 g/mol. The van der Waals surface area contributed by atoms with Crippen LogP contribution in [0.3, 0.4) is 0 Å². The molecule has 2 atom stereocenters. The molecule has 2 heterocycles. The minimum Gasteiger partial charge on any atom is -0.508 e. The highest BCUT2D eigenvalue weighted by atomic mass is 16.6. The molecule has 2 unspecified atom stereocenters. The minimum atomic E-state index is -0.756. The number of benzene rings is 1. The zero-order chi connectivity index (χ0) is 25.9. The van der Waals surface area contributed by atoms with Gasteiger partial charge in [-0.3, -0.25) is 14.9 Å². The molecule has 0 radical (unpaired) electrons. The van der Waals surface area contributed by atoms with Crippen LogP contribution in [0.25, 0.3) is 0 Å². The molecule has 0 saturated carbocycles. The van der Waals surface area contributed by atoms with E-state index in [0.29, 0.717) is 23.6 Å². The number of rotatable bonds is 3. The summed E-state index contributed by atoms with van der Waals surface area (Å²) < 4.78 is 5.24. The maximum Gasteiger partial charge on any atom is 0.413 e. The van der Waals surface area contributed by atoms with Crippen LogP contribution >= 0.6 is 0 Å². The van der Waals surface area contributed by atoms with Crippen molar-refractivity contribution in [2.24, 2.45) is 5.92 Å². The summed E-state index contributed by atoms with van der Waals surface area (Å²) in [4.78, 5) is 43.9. The molecular formula is C26H34N4O5. The van der Waals surface area contributed by atoms with Gasteiger partial charge in [-0.2, -0.15) is 0 Å². The second-order valence-electron chi connectivity index (χ2n) is 10.2. The van der Waals surface area contributed by atoms with Gasteiger partial charge in [-0.25, -0.2) is 9.78 Å². The number of nitrogens with zero attached hydrogens (tertiary/aromatic N) is 2. The Morgan fingerprint density at radius 2 is 1.80 bits per heavy atom. The van der Waals surface area contributed by atoms with Crippen molar-refractivity contribution in [2.75, 3.05) is 17.2 Å². The normalized spacial score (nSPS) is 18.1. The third-order valence-electron chi connectivity index (χ3n) is 5.83. The first-order valence-corrected chi connectivity index (χ1v) is 11.7. The van der Waals surface area contributed by atoms with Gasteiger partial charge in [0.15, 0.2) is 0 Å². The molecule has 0 bridgehead atoms. The van der Waals surface area contributed by atoms with Gasteiger partial charge in [0.1, 0.15) is 17.2 Å². The first-order valence-electron chi connectivity index (χ1n) is 11.7. The van der Waals surface area contributed by atoms with Gasteiger partial charge in [0.25, 0.3) is 0 Å². The molecule has 0 spiro atoms. The molecule has 9 heteroatoms. The van der Waals surface area contributed by atoms with Gasteiger partial charge in [-0.1, -0.05) is 19.1 Å². The number of likely N-dealkylation sites (tertiary alicyclic amines) is 1. The summed E-state index contributed by atoms with van der Waals surface area (Å²) in [6.45, 7) is 11.3. The van der Waals surface area contributed by atoms with Crippen molar-refractivity contribution in [1.82, 2.24) is 9.88 Å². The number of anilines is 2. The number of pyridine rings is 1. The Labute approximate surface area is 205 Å². The van der Waals surface area contributed by atoms with E-state index in [2.05, 4.69) is 22.5 Å². The molecule has 3 amide bonds. The maximum atomic E-state index is 13.2. The first kappa shape index (κ1) is 26.0. The Bertz CT molecular complexity index is 1130. The van der Waals surface area contributed by atoms with Crippen LogP contribution in [-0.2, 0) is 14.3 Å². The Hall–Kier alpha value is -3.62. The Balaban J connectivity index is 1.72. The number of aromatic nitrogens is 1. The van der Waals surface area contributed by atoms with Crippen molar-refractivity contribution in [3.05, 3.63) is 47.2 Å². The topological polar surface area (TPSA) is 121 Å². The lowest BCUT2D eigenvalue weighted by Gasteiger charge is -2.38. The average Bonchev–Trinajstić information content (AvgIpc) is 2.75. The Morgan fingerprint density at radius 3 is 2.43 bits per heavy atom. The molecule has 1 fully saturated rings. The third kappa shape index (κ3) is 6.71. The van der Waals surface area contributed by atoms with Crippen LogP contribution < -0.4 is 10.6 Å². The second kappa shape index (κ2) is 10.3. The van der Waals surface area contributed by atoms with E-state index >= 15 is 0 Å². The fourth-order valence-corrected chi connectivity index (χ4v) is 4.10. The number of aromatic hydroxyl groups is 1. The van der Waals surface area contributed by atoms with Gasteiger partial charge in [0.2, 0.25) is 0 Å². The lowest BCUT2D eigenvalue weighted by molar-refractivity contribution is -0.146. The summed E-state index contributed by atoms with van der Waals surface area (Å²) in [5.41, 5.74) is 1.92. The number of phenolic OH excluding ortho intramolecular Hbond substituents is 1. The van der Waals surface area contributed by atoms with E-state index in [9.17, 15) is 19.5 Å². The van der Waals surface area contributed by atoms with Crippen LogP contribution in [0.4, 0.5) is 16.3 Å². The summed E-state index contributed by atoms with van der Waals surface area (Å²) in [7, 11) is 0. The lowest BCUT2D eigenvalue weighted by Crippen LogP contribution is -2.46. The highest BCUT2D eigenvalue weighted by molar-refractivity contribution is 6.39. The molecule has 188 valence electrons. The van der Waals surface area contributed by atoms with Crippen LogP contribution in [0.5, 0.6) is 5.75 Å². The summed E-state index contributed by atoms with van der Waals surface area (Å²) in [5, 5.41) is 15.1. The predicted molar refractivity (Wildman–Crippen MR) is 133 cm³/mol. The van der Waals surface area contributed by atoms with Gasteiger partial charge in [0.05, 0.1) is 17.9 Å². The van der Waals surface area contributed by atoms with Crippen LogP contribution in [0.1, 0.15) is 63.3 Å². The highest BCUT2D eigenvalue weighted by Gasteiger charge is 2.34. The largest absolute Gasteiger partial charge is 0.508 e. The smallest absolute Gasteiger partial charge is 0.413 e. The van der Waals surface area contributed by atoms with Gasteiger partial charge in [-0.05, 0) is 82.2 Å². The SMILES string of the molecule is Cc1cc(C2CCC(C)CN2C(=O)C(=O)Nc2cnc(NC(=O)OC(C)(C)C)c(C)c2)ccc1O. The summed E-state index contributed by atoms with van der Waals surface area (Å²) in [6, 6.07) is 6.66. The van der Waals surface area contributed by atoms with Crippen molar-refractivity contribution in [3.8, 4) is 5.75 Å². The molecule has 1 aliphatic rings. The van der Waals surface area contributed by atoms with E-state index < -0.39 is 23.5 Å². The van der Waals surface area contributed by atoms with E-state index in [1.165, 1.54) is 6.20 Å². The molecule has 1 aromatic heterocycles. The Morgan fingerprint density at radius 1 is 1.09 bits per heavy atom. The van der Waals surface area contributed by atoms with E-state index in [1.54, 1.807) is 57.7 Å². The van der Waals surface area contributed by atoms with Gasteiger partial charge < -0.3 is 20.1 Å². The van der Waals surface area contributed by atoms with E-state index in [0.717, 1.165) is 24.0 Å². The van der Waals surface area contributed by atoms with E-state index in [-0.39, 0.29) is 17.7 Å². The number of aryl methyl sites for hydroxylation is 2. The number of hydrogen-bond donors (Lipinski definition) is 3. The van der Waals surface area contributed by atoms with Crippen molar-refractivity contribution in [1.29, 1.82) is 0 Å². The molecule has 1 saturated heterocycles. The van der Waals surface area contributed by atoms with Crippen LogP contribution in [0.15, 0.2) is 30.5 Å². The summed E-state index contributed by atoms with van der Waals surface area (Å²) in [5.74, 6) is -0.616. The Kier molecular flexibility index (Phi) is 7.67. The van der Waals surface area contributed by atoms with Gasteiger partial charge >= 0.3 is 17.9 Å². The zero-order valence-corrected chi connectivity index (χ0v) is 21.1. The maximum absolute atomic E-state index is 13.2. The molecule has 3 rings (SSSR count). The fourth-order valence-electron chi connectivity index (χ4n) is 4.10. The predicted octanol–water partition coefficient (Wildman–Crippen LogP) is 4.69. The fraction of sp³-hybridized carbons (Fsp3) is 0.462. The number of nitrogens with one attached hydrogen (secondary N) is 2. The lowest BCUT2D eigenvalue weighted by atomic mass is 9.89. The zero-order valence-electron chi connectivity index (χ0n) is 21.1. The number of carbonyl (C=O) groups excluding carboxylic acids is 3. The molecule has 2 aromatic rings. The van der Waals surface area contributed by atoms with Gasteiger partial charge in [-0.15, -0.1) is 0 Å². The third-order valence-corrected chi connectivity index (χ3v) is 5.83. The quantitative estimate of drug-likeness (QED) is 0.546. The van der Waals surface area contributed by atoms with Crippen molar-refractivity contribution in [2.45, 2.75) is 66.0 Å². The molecule has 1 aromatic carbocycles. The molecule has 1 aliphatic heterocycles. The standard InChI is InChI=1S/C26H34N4O5/c1-15-7-9-20(18-8-10-21(31)16(2)11-18)30(14-15)24(33)23(32)28-19-12-17(3)22(27-13-19)29-25(34)35-26(4,5)6/h8,10-13,15,20,31H,7,9,14H2,1-6H3,(H,28,32)(H,27,29,34). The first-order chi connectivity index (χ1) is 16.3. The number of piperidine rings is 1. The number of amides is 3. The van der Waals surface area contributed by atoms with Gasteiger partial charge in [0, 0.05) is 6.54 Å².